The molecule has 0 unspecified atom stereocenters. The molecule has 0 atom stereocenters. The summed E-state index contributed by atoms with van der Waals surface area (Å²) in [7, 11) is 2.12. The van der Waals surface area contributed by atoms with E-state index in [1.807, 2.05) is 13.0 Å². The van der Waals surface area contributed by atoms with Gasteiger partial charge in [-0.25, -0.2) is 0 Å². The monoisotopic (exact) mass is 208 g/mol. The van der Waals surface area contributed by atoms with Crippen molar-refractivity contribution < 1.29 is 4.42 Å². The molecular weight excluding hydrogens is 188 g/mol. The zero-order valence-corrected chi connectivity index (χ0v) is 9.62. The fraction of sp³-hybridized carbons (Fsp3) is 0.667. The predicted octanol–water partition coefficient (Wildman–Crippen LogP) is 1.90. The largest absolute Gasteiger partial charge is 0.469 e. The summed E-state index contributed by atoms with van der Waals surface area (Å²) in [5, 5.41) is 0. The van der Waals surface area contributed by atoms with Crippen molar-refractivity contribution in [1.29, 1.82) is 0 Å². The van der Waals surface area contributed by atoms with E-state index in [0.29, 0.717) is 0 Å². The van der Waals surface area contributed by atoms with Crippen molar-refractivity contribution >= 4 is 0 Å². The van der Waals surface area contributed by atoms with Crippen molar-refractivity contribution in [2.45, 2.75) is 38.3 Å². The molecule has 15 heavy (non-hydrogen) atoms. The van der Waals surface area contributed by atoms with Gasteiger partial charge in [0, 0.05) is 24.2 Å². The van der Waals surface area contributed by atoms with Gasteiger partial charge >= 0.3 is 0 Å². The maximum absolute atomic E-state index is 6.21. The highest BCUT2D eigenvalue weighted by molar-refractivity contribution is 5.15. The van der Waals surface area contributed by atoms with E-state index < -0.39 is 0 Å². The molecule has 3 nitrogen and oxygen atoms in total. The van der Waals surface area contributed by atoms with Gasteiger partial charge in [0.05, 0.1) is 6.26 Å². The zero-order chi connectivity index (χ0) is 10.9. The first-order chi connectivity index (χ1) is 7.09. The molecule has 0 spiro atoms. The maximum atomic E-state index is 6.21. The fourth-order valence-corrected chi connectivity index (χ4v) is 2.25. The van der Waals surface area contributed by atoms with Gasteiger partial charge in [-0.3, -0.25) is 0 Å². The molecule has 0 aromatic carbocycles. The van der Waals surface area contributed by atoms with Crippen LogP contribution in [0.25, 0.3) is 0 Å². The second kappa shape index (κ2) is 3.99. The quantitative estimate of drug-likeness (QED) is 0.821. The SMILES string of the molecule is Cc1occc1CN(C)CC1(N)CCC1. The Labute approximate surface area is 91.2 Å². The van der Waals surface area contributed by atoms with Crippen LogP contribution in [-0.2, 0) is 6.54 Å². The molecule has 84 valence electrons. The second-order valence-electron chi connectivity index (χ2n) is 4.89. The molecule has 0 aliphatic heterocycles. The number of furan rings is 1. The Balaban J connectivity index is 1.87. The van der Waals surface area contributed by atoms with Gasteiger partial charge in [-0.05, 0) is 39.3 Å². The fourth-order valence-electron chi connectivity index (χ4n) is 2.25. The summed E-state index contributed by atoms with van der Waals surface area (Å²) in [4.78, 5) is 2.29. The third kappa shape index (κ3) is 2.41. The number of likely N-dealkylation sites (N-methyl/N-ethyl adjacent to an activating group) is 1. The number of rotatable bonds is 4. The molecule has 0 amide bonds. The van der Waals surface area contributed by atoms with Crippen molar-refractivity contribution in [3.63, 3.8) is 0 Å². The Bertz CT molecular complexity index is 328. The van der Waals surface area contributed by atoms with Crippen LogP contribution < -0.4 is 5.73 Å². The third-order valence-corrected chi connectivity index (χ3v) is 3.34. The lowest BCUT2D eigenvalue weighted by atomic mass is 9.77. The minimum Gasteiger partial charge on any atom is -0.469 e. The molecule has 1 aromatic heterocycles. The van der Waals surface area contributed by atoms with Crippen molar-refractivity contribution in [2.24, 2.45) is 5.73 Å². The van der Waals surface area contributed by atoms with Gasteiger partial charge in [0.2, 0.25) is 0 Å². The lowest BCUT2D eigenvalue weighted by Crippen LogP contribution is -2.54. The standard InChI is InChI=1S/C12H20N2O/c1-10-11(4-7-15-10)8-14(2)9-12(13)5-3-6-12/h4,7H,3,5-6,8-9,13H2,1-2H3. The maximum Gasteiger partial charge on any atom is 0.105 e. The van der Waals surface area contributed by atoms with Crippen molar-refractivity contribution in [1.82, 2.24) is 4.90 Å². The highest BCUT2D eigenvalue weighted by Crippen LogP contribution is 2.29. The van der Waals surface area contributed by atoms with Crippen molar-refractivity contribution in [3.8, 4) is 0 Å². The molecule has 1 fully saturated rings. The normalized spacial score (nSPS) is 19.2. The summed E-state index contributed by atoms with van der Waals surface area (Å²) < 4.78 is 5.28. The van der Waals surface area contributed by atoms with E-state index in [0.717, 1.165) is 18.8 Å². The molecule has 1 aromatic rings. The third-order valence-electron chi connectivity index (χ3n) is 3.34. The van der Waals surface area contributed by atoms with Crippen LogP contribution in [0, 0.1) is 6.92 Å². The van der Waals surface area contributed by atoms with Crippen LogP contribution in [0.4, 0.5) is 0 Å². The van der Waals surface area contributed by atoms with E-state index in [1.54, 1.807) is 6.26 Å². The molecule has 0 bridgehead atoms. The molecule has 1 saturated carbocycles. The van der Waals surface area contributed by atoms with E-state index in [1.165, 1.54) is 24.8 Å². The Kier molecular flexibility index (Phi) is 2.85. The first-order valence-corrected chi connectivity index (χ1v) is 5.59. The summed E-state index contributed by atoms with van der Waals surface area (Å²) in [6.45, 7) is 3.92. The van der Waals surface area contributed by atoms with E-state index in [9.17, 15) is 0 Å². The zero-order valence-electron chi connectivity index (χ0n) is 9.62. The Morgan fingerprint density at radius 1 is 1.53 bits per heavy atom. The van der Waals surface area contributed by atoms with Crippen LogP contribution in [0.1, 0.15) is 30.6 Å². The van der Waals surface area contributed by atoms with Crippen LogP contribution in [0.3, 0.4) is 0 Å². The average molecular weight is 208 g/mol. The first-order valence-electron chi connectivity index (χ1n) is 5.59. The first kappa shape index (κ1) is 10.7. The molecule has 0 saturated heterocycles. The predicted molar refractivity (Wildman–Crippen MR) is 60.5 cm³/mol. The van der Waals surface area contributed by atoms with E-state index in [-0.39, 0.29) is 5.54 Å². The Morgan fingerprint density at radius 3 is 2.73 bits per heavy atom. The van der Waals surface area contributed by atoms with Gasteiger partial charge < -0.3 is 15.1 Å². The van der Waals surface area contributed by atoms with Gasteiger partial charge in [-0.1, -0.05) is 0 Å². The number of hydrogen-bond acceptors (Lipinski definition) is 3. The lowest BCUT2D eigenvalue weighted by molar-refractivity contribution is 0.161. The number of nitrogens with zero attached hydrogens (tertiary/aromatic N) is 1. The average Bonchev–Trinajstić information content (AvgIpc) is 2.49. The van der Waals surface area contributed by atoms with Crippen molar-refractivity contribution in [2.75, 3.05) is 13.6 Å². The topological polar surface area (TPSA) is 42.4 Å². The van der Waals surface area contributed by atoms with Crippen molar-refractivity contribution in [3.05, 3.63) is 23.7 Å². The van der Waals surface area contributed by atoms with Crippen LogP contribution in [0.15, 0.2) is 16.7 Å². The molecule has 1 aliphatic rings. The van der Waals surface area contributed by atoms with Gasteiger partial charge in [-0.2, -0.15) is 0 Å². The molecule has 0 radical (unpaired) electrons. The number of hydrogen-bond donors (Lipinski definition) is 1. The van der Waals surface area contributed by atoms with E-state index in [2.05, 4.69) is 11.9 Å². The van der Waals surface area contributed by atoms with Gasteiger partial charge in [0.25, 0.3) is 0 Å². The number of nitrogens with two attached hydrogens (primary N) is 1. The molecule has 2 rings (SSSR count). The molecule has 2 N–H and O–H groups in total. The van der Waals surface area contributed by atoms with Crippen LogP contribution >= 0.6 is 0 Å². The summed E-state index contributed by atoms with van der Waals surface area (Å²) in [5.74, 6) is 1.02. The molecular formula is C12H20N2O. The highest BCUT2D eigenvalue weighted by Gasteiger charge is 2.33. The summed E-state index contributed by atoms with van der Waals surface area (Å²) in [6.07, 6.45) is 5.37. The lowest BCUT2D eigenvalue weighted by Gasteiger charge is -2.41. The molecule has 1 aliphatic carbocycles. The highest BCUT2D eigenvalue weighted by atomic mass is 16.3. The van der Waals surface area contributed by atoms with E-state index in [4.69, 9.17) is 10.2 Å². The van der Waals surface area contributed by atoms with Gasteiger partial charge in [-0.15, -0.1) is 0 Å². The Hall–Kier alpha value is -0.800. The number of aryl methyl sites for hydroxylation is 1. The van der Waals surface area contributed by atoms with Crippen LogP contribution in [0.5, 0.6) is 0 Å². The smallest absolute Gasteiger partial charge is 0.105 e. The minimum atomic E-state index is 0.0758. The minimum absolute atomic E-state index is 0.0758. The van der Waals surface area contributed by atoms with Crippen LogP contribution in [0.2, 0.25) is 0 Å². The van der Waals surface area contributed by atoms with E-state index >= 15 is 0 Å². The van der Waals surface area contributed by atoms with Gasteiger partial charge in [0.15, 0.2) is 0 Å². The summed E-state index contributed by atoms with van der Waals surface area (Å²) in [6, 6.07) is 2.04. The second-order valence-corrected chi connectivity index (χ2v) is 4.89. The Morgan fingerprint density at radius 2 is 2.27 bits per heavy atom. The molecule has 1 heterocycles. The van der Waals surface area contributed by atoms with Crippen LogP contribution in [-0.4, -0.2) is 24.0 Å². The molecule has 3 heteroatoms. The van der Waals surface area contributed by atoms with Gasteiger partial charge in [0.1, 0.15) is 5.76 Å². The summed E-state index contributed by atoms with van der Waals surface area (Å²) in [5.41, 5.74) is 7.55. The summed E-state index contributed by atoms with van der Waals surface area (Å²) >= 11 is 0.